The highest BCUT2D eigenvalue weighted by molar-refractivity contribution is 4.62. The van der Waals surface area contributed by atoms with Crippen molar-refractivity contribution >= 4 is 0 Å². The molecule has 0 aromatic rings. The number of hydroxylamine groups is 2. The van der Waals surface area contributed by atoms with E-state index in [-0.39, 0.29) is 0 Å². The lowest BCUT2D eigenvalue weighted by atomic mass is 10.4. The second-order valence-corrected chi connectivity index (χ2v) is 1.72. The van der Waals surface area contributed by atoms with Crippen molar-refractivity contribution in [3.63, 3.8) is 0 Å². The fourth-order valence-corrected chi connectivity index (χ4v) is 0.663. The Kier molecular flexibility index (Phi) is 1.62. The molecule has 7 heavy (non-hydrogen) atoms. The van der Waals surface area contributed by atoms with Crippen LogP contribution in [0.3, 0.4) is 0 Å². The predicted molar refractivity (Wildman–Crippen MR) is 27.6 cm³/mol. The van der Waals surface area contributed by atoms with Crippen LogP contribution in [0.5, 0.6) is 0 Å². The summed E-state index contributed by atoms with van der Waals surface area (Å²) in [5, 5.41) is 14.3. The molecule has 0 radical (unpaired) electrons. The molecule has 0 amide bonds. The van der Waals surface area contributed by atoms with E-state index in [9.17, 15) is 5.21 Å². The van der Waals surface area contributed by atoms with Gasteiger partial charge in [0.05, 0.1) is 0 Å². The molecule has 42 valence electrons. The van der Waals surface area contributed by atoms with Crippen LogP contribution < -0.4 is 5.32 Å². The van der Waals surface area contributed by atoms with Gasteiger partial charge < -0.3 is 15.6 Å². The first-order valence-corrected chi connectivity index (χ1v) is 2.52. The van der Waals surface area contributed by atoms with Crippen molar-refractivity contribution in [1.82, 2.24) is 10.4 Å². The minimum Gasteiger partial charge on any atom is -0.784 e. The van der Waals surface area contributed by atoms with Crippen LogP contribution in [0.4, 0.5) is 0 Å². The van der Waals surface area contributed by atoms with Gasteiger partial charge in [-0.3, -0.25) is 0 Å². The van der Waals surface area contributed by atoms with E-state index in [1.54, 1.807) is 0 Å². The molecule has 1 heterocycles. The molecule has 3 heteroatoms. The van der Waals surface area contributed by atoms with E-state index < -0.39 is 0 Å². The summed E-state index contributed by atoms with van der Waals surface area (Å²) in [7, 11) is 0. The van der Waals surface area contributed by atoms with E-state index in [4.69, 9.17) is 0 Å². The van der Waals surface area contributed by atoms with Crippen LogP contribution in [0.15, 0.2) is 0 Å². The molecule has 0 atom stereocenters. The molecule has 0 aliphatic carbocycles. The molecule has 1 aliphatic heterocycles. The van der Waals surface area contributed by atoms with Gasteiger partial charge >= 0.3 is 0 Å². The Bertz CT molecular complexity index is 51.7. The number of hydrogen-bond donors (Lipinski definition) is 1. The van der Waals surface area contributed by atoms with Gasteiger partial charge in [-0.25, -0.2) is 0 Å². The lowest BCUT2D eigenvalue weighted by Crippen LogP contribution is -2.37. The Morgan fingerprint density at radius 1 is 1.57 bits per heavy atom. The zero-order valence-electron chi connectivity index (χ0n) is 4.18. The molecule has 0 aromatic carbocycles. The van der Waals surface area contributed by atoms with Gasteiger partial charge in [-0.15, -0.1) is 0 Å². The van der Waals surface area contributed by atoms with Crippen molar-refractivity contribution in [2.45, 2.75) is 6.42 Å². The van der Waals surface area contributed by atoms with Crippen LogP contribution in [-0.2, 0) is 0 Å². The summed E-state index contributed by atoms with van der Waals surface area (Å²) in [5.41, 5.74) is 0. The van der Waals surface area contributed by atoms with Crippen molar-refractivity contribution < 1.29 is 0 Å². The van der Waals surface area contributed by atoms with Gasteiger partial charge in [0.25, 0.3) is 0 Å². The van der Waals surface area contributed by atoms with Crippen molar-refractivity contribution in [3.8, 4) is 0 Å². The highest BCUT2D eigenvalue weighted by Gasteiger charge is 1.96. The minimum absolute atomic E-state index is 0.514. The van der Waals surface area contributed by atoms with Crippen LogP contribution in [0.25, 0.3) is 0 Å². The van der Waals surface area contributed by atoms with Gasteiger partial charge in [-0.05, 0) is 19.5 Å². The molecule has 0 bridgehead atoms. The average molecular weight is 101 g/mol. The summed E-state index contributed by atoms with van der Waals surface area (Å²) in [6.45, 7) is 2.21. The predicted octanol–water partition coefficient (Wildman–Crippen LogP) is -0.263. The molecule has 3 nitrogen and oxygen atoms in total. The maximum absolute atomic E-state index is 10.3. The maximum Gasteiger partial charge on any atom is 0.0364 e. The number of nitrogens with one attached hydrogen (secondary N) is 1. The Balaban J connectivity index is 2.12. The van der Waals surface area contributed by atoms with E-state index in [1.807, 2.05) is 0 Å². The zero-order chi connectivity index (χ0) is 5.11. The van der Waals surface area contributed by atoms with Crippen LogP contribution in [0.1, 0.15) is 6.42 Å². The van der Waals surface area contributed by atoms with E-state index in [2.05, 4.69) is 5.32 Å². The lowest BCUT2D eigenvalue weighted by Gasteiger charge is -2.32. The van der Waals surface area contributed by atoms with Gasteiger partial charge in [0.15, 0.2) is 0 Å². The Labute approximate surface area is 42.9 Å². The van der Waals surface area contributed by atoms with Gasteiger partial charge in [0, 0.05) is 6.67 Å². The fraction of sp³-hybridized carbons (Fsp3) is 1.00. The van der Waals surface area contributed by atoms with Crippen molar-refractivity contribution in [2.24, 2.45) is 0 Å². The standard InChI is InChI=1S/C4H9N2O/c7-6-3-1-2-5-4-6/h5H,1-4H2/q-1. The summed E-state index contributed by atoms with van der Waals surface area (Å²) >= 11 is 0. The number of rotatable bonds is 0. The number of nitrogens with zero attached hydrogens (tertiary/aromatic N) is 1. The van der Waals surface area contributed by atoms with E-state index in [0.717, 1.165) is 18.0 Å². The summed E-state index contributed by atoms with van der Waals surface area (Å²) in [6, 6.07) is 0. The van der Waals surface area contributed by atoms with E-state index in [1.165, 1.54) is 0 Å². The average Bonchev–Trinajstić information content (AvgIpc) is 1.69. The maximum atomic E-state index is 10.3. The van der Waals surface area contributed by atoms with Crippen LogP contribution in [0, 0.1) is 5.21 Å². The SMILES string of the molecule is [O-]N1CCCNC1. The zero-order valence-corrected chi connectivity index (χ0v) is 4.18. The van der Waals surface area contributed by atoms with Crippen LogP contribution in [-0.4, -0.2) is 24.8 Å². The quantitative estimate of drug-likeness (QED) is 0.456. The second kappa shape index (κ2) is 2.26. The first-order chi connectivity index (χ1) is 3.39. The Morgan fingerprint density at radius 2 is 2.43 bits per heavy atom. The smallest absolute Gasteiger partial charge is 0.0364 e. The summed E-state index contributed by atoms with van der Waals surface area (Å²) in [5.74, 6) is 0. The molecule has 0 aromatic heterocycles. The molecule has 1 fully saturated rings. The molecule has 0 unspecified atom stereocenters. The summed E-state index contributed by atoms with van der Waals surface area (Å²) < 4.78 is 0. The third-order valence-electron chi connectivity index (χ3n) is 1.05. The van der Waals surface area contributed by atoms with Gasteiger partial charge in [0.1, 0.15) is 0 Å². The Hall–Kier alpha value is -0.120. The highest BCUT2D eigenvalue weighted by Crippen LogP contribution is 1.90. The first-order valence-electron chi connectivity index (χ1n) is 2.52. The third-order valence-corrected chi connectivity index (χ3v) is 1.05. The molecular formula is C4H9N2O-. The summed E-state index contributed by atoms with van der Waals surface area (Å²) in [6.07, 6.45) is 0.990. The number of hydrogen-bond acceptors (Lipinski definition) is 3. The molecule has 1 N–H and O–H groups in total. The fourth-order valence-electron chi connectivity index (χ4n) is 0.663. The van der Waals surface area contributed by atoms with Crippen LogP contribution >= 0.6 is 0 Å². The molecular weight excluding hydrogens is 92.1 g/mol. The molecule has 1 rings (SSSR count). The highest BCUT2D eigenvalue weighted by atomic mass is 16.5. The second-order valence-electron chi connectivity index (χ2n) is 1.72. The van der Waals surface area contributed by atoms with Gasteiger partial charge in [-0.2, -0.15) is 0 Å². The normalized spacial score (nSPS) is 25.3. The lowest BCUT2D eigenvalue weighted by molar-refractivity contribution is 0.294. The molecule has 0 saturated carbocycles. The first kappa shape index (κ1) is 5.03. The largest absolute Gasteiger partial charge is 0.784 e. The van der Waals surface area contributed by atoms with Crippen LogP contribution in [0.2, 0.25) is 0 Å². The van der Waals surface area contributed by atoms with Gasteiger partial charge in [0.2, 0.25) is 0 Å². The van der Waals surface area contributed by atoms with Crippen molar-refractivity contribution in [1.29, 1.82) is 0 Å². The minimum atomic E-state index is 0.514. The van der Waals surface area contributed by atoms with Gasteiger partial charge in [-0.1, -0.05) is 0 Å². The molecule has 0 spiro atoms. The van der Waals surface area contributed by atoms with E-state index in [0.29, 0.717) is 13.2 Å². The van der Waals surface area contributed by atoms with E-state index >= 15 is 0 Å². The Morgan fingerprint density at radius 3 is 2.71 bits per heavy atom. The topological polar surface area (TPSA) is 38.3 Å². The summed E-state index contributed by atoms with van der Waals surface area (Å²) in [4.78, 5) is 0. The van der Waals surface area contributed by atoms with Crippen molar-refractivity contribution in [2.75, 3.05) is 19.8 Å². The van der Waals surface area contributed by atoms with Crippen molar-refractivity contribution in [3.05, 3.63) is 5.21 Å². The monoisotopic (exact) mass is 101 g/mol. The molecule has 1 saturated heterocycles. The molecule has 1 aliphatic rings. The third kappa shape index (κ3) is 1.43.